The number of hydrogen-bond acceptors (Lipinski definition) is 1. The Morgan fingerprint density at radius 3 is 2.92 bits per heavy atom. The van der Waals surface area contributed by atoms with Crippen LogP contribution in [0.1, 0.15) is 5.56 Å². The number of halogens is 2. The van der Waals surface area contributed by atoms with Crippen molar-refractivity contribution in [3.63, 3.8) is 0 Å². The maximum Gasteiger partial charge on any atom is 0.107 e. The van der Waals surface area contributed by atoms with Gasteiger partial charge in [-0.2, -0.15) is 0 Å². The summed E-state index contributed by atoms with van der Waals surface area (Å²) in [5.74, 6) is 0.491. The van der Waals surface area contributed by atoms with E-state index in [0.717, 1.165) is 11.3 Å². The van der Waals surface area contributed by atoms with E-state index in [-0.39, 0.29) is 6.67 Å². The third-order valence-corrected chi connectivity index (χ3v) is 1.81. The van der Waals surface area contributed by atoms with Crippen LogP contribution in [0.2, 0.25) is 0 Å². The Bertz CT molecular complexity index is 240. The first kappa shape index (κ1) is 9.33. The number of hydrogen-bond donors (Lipinski definition) is 1. The van der Waals surface area contributed by atoms with Crippen LogP contribution in [0.4, 0.5) is 10.1 Å². The molecule has 0 amide bonds. The molecule has 1 nitrogen and oxygen atoms in total. The first-order valence-corrected chi connectivity index (χ1v) is 4.35. The molecule has 12 heavy (non-hydrogen) atoms. The summed E-state index contributed by atoms with van der Waals surface area (Å²) in [6, 6.07) is 7.65. The number of nitrogens with one attached hydrogen (secondary N) is 1. The van der Waals surface area contributed by atoms with Crippen molar-refractivity contribution in [1.82, 2.24) is 0 Å². The third-order valence-electron chi connectivity index (χ3n) is 1.50. The van der Waals surface area contributed by atoms with Crippen molar-refractivity contribution in [3.8, 4) is 0 Å². The van der Waals surface area contributed by atoms with Gasteiger partial charge in [0.15, 0.2) is 0 Å². The molecule has 0 spiro atoms. The highest BCUT2D eigenvalue weighted by Crippen LogP contribution is 2.11. The summed E-state index contributed by atoms with van der Waals surface area (Å²) in [5.41, 5.74) is 1.96. The van der Waals surface area contributed by atoms with Crippen molar-refractivity contribution < 1.29 is 4.39 Å². The standard InChI is InChI=1S/C9H11ClFN/c10-7-8-2-1-3-9(6-8)12-5-4-11/h1-3,6,12H,4-5,7H2. The van der Waals surface area contributed by atoms with Crippen LogP contribution in [0.15, 0.2) is 24.3 Å². The monoisotopic (exact) mass is 187 g/mol. The van der Waals surface area contributed by atoms with Crippen molar-refractivity contribution in [3.05, 3.63) is 29.8 Å². The van der Waals surface area contributed by atoms with Crippen LogP contribution in [0, 0.1) is 0 Å². The molecule has 0 aliphatic carbocycles. The van der Waals surface area contributed by atoms with Crippen LogP contribution in [0.5, 0.6) is 0 Å². The van der Waals surface area contributed by atoms with Crippen LogP contribution >= 0.6 is 11.6 Å². The SMILES string of the molecule is FCCNc1cccc(CCl)c1. The van der Waals surface area contributed by atoms with E-state index in [1.54, 1.807) is 0 Å². The molecule has 0 aliphatic rings. The van der Waals surface area contributed by atoms with E-state index in [2.05, 4.69) is 5.32 Å². The van der Waals surface area contributed by atoms with Gasteiger partial charge in [0, 0.05) is 18.1 Å². The summed E-state index contributed by atoms with van der Waals surface area (Å²) in [7, 11) is 0. The number of anilines is 1. The molecule has 0 fully saturated rings. The van der Waals surface area contributed by atoms with Gasteiger partial charge in [-0.15, -0.1) is 11.6 Å². The van der Waals surface area contributed by atoms with Gasteiger partial charge in [-0.05, 0) is 17.7 Å². The van der Waals surface area contributed by atoms with Gasteiger partial charge in [-0.3, -0.25) is 0 Å². The van der Waals surface area contributed by atoms with E-state index in [1.807, 2.05) is 24.3 Å². The molecule has 0 aromatic heterocycles. The molecule has 0 radical (unpaired) electrons. The molecule has 0 atom stereocenters. The minimum atomic E-state index is -0.356. The molecule has 66 valence electrons. The maximum absolute atomic E-state index is 11.8. The lowest BCUT2D eigenvalue weighted by Gasteiger charge is -2.04. The van der Waals surface area contributed by atoms with E-state index in [1.165, 1.54) is 0 Å². The highest BCUT2D eigenvalue weighted by atomic mass is 35.5. The molecule has 0 bridgehead atoms. The Morgan fingerprint density at radius 2 is 2.25 bits per heavy atom. The smallest absolute Gasteiger partial charge is 0.107 e. The van der Waals surface area contributed by atoms with E-state index in [0.29, 0.717) is 12.4 Å². The molecule has 1 rings (SSSR count). The summed E-state index contributed by atoms with van der Waals surface area (Å²) in [6.45, 7) is -0.00313. The highest BCUT2D eigenvalue weighted by Gasteiger charge is 1.92. The molecule has 1 N–H and O–H groups in total. The minimum Gasteiger partial charge on any atom is -0.382 e. The zero-order chi connectivity index (χ0) is 8.81. The predicted octanol–water partition coefficient (Wildman–Crippen LogP) is 2.81. The second-order valence-corrected chi connectivity index (χ2v) is 2.72. The Labute approximate surface area is 76.5 Å². The average Bonchev–Trinajstić information content (AvgIpc) is 2.15. The van der Waals surface area contributed by atoms with Crippen LogP contribution in [-0.2, 0) is 5.88 Å². The lowest BCUT2D eigenvalue weighted by atomic mass is 10.2. The maximum atomic E-state index is 11.8. The van der Waals surface area contributed by atoms with Gasteiger partial charge in [0.1, 0.15) is 6.67 Å². The van der Waals surface area contributed by atoms with Gasteiger partial charge in [-0.1, -0.05) is 12.1 Å². The van der Waals surface area contributed by atoms with Gasteiger partial charge in [0.2, 0.25) is 0 Å². The van der Waals surface area contributed by atoms with Gasteiger partial charge >= 0.3 is 0 Å². The molecule has 1 aromatic carbocycles. The average molecular weight is 188 g/mol. The zero-order valence-electron chi connectivity index (χ0n) is 6.69. The van der Waals surface area contributed by atoms with Crippen LogP contribution in [0.3, 0.4) is 0 Å². The van der Waals surface area contributed by atoms with Gasteiger partial charge in [0.05, 0.1) is 0 Å². The Balaban J connectivity index is 2.60. The van der Waals surface area contributed by atoms with E-state index in [4.69, 9.17) is 11.6 Å². The lowest BCUT2D eigenvalue weighted by molar-refractivity contribution is 0.513. The minimum absolute atomic E-state index is 0.353. The summed E-state index contributed by atoms with van der Waals surface area (Å²) in [4.78, 5) is 0. The first-order chi connectivity index (χ1) is 5.86. The van der Waals surface area contributed by atoms with Crippen molar-refractivity contribution in [1.29, 1.82) is 0 Å². The normalized spacial score (nSPS) is 9.83. The molecule has 0 saturated carbocycles. The van der Waals surface area contributed by atoms with Gasteiger partial charge < -0.3 is 5.32 Å². The Morgan fingerprint density at radius 1 is 1.42 bits per heavy atom. The fraction of sp³-hybridized carbons (Fsp3) is 0.333. The predicted molar refractivity (Wildman–Crippen MR) is 50.5 cm³/mol. The molecular weight excluding hydrogens is 177 g/mol. The fourth-order valence-corrected chi connectivity index (χ4v) is 1.12. The zero-order valence-corrected chi connectivity index (χ0v) is 7.44. The summed E-state index contributed by atoms with van der Waals surface area (Å²) < 4.78 is 11.8. The number of rotatable bonds is 4. The van der Waals surface area contributed by atoms with Gasteiger partial charge in [0.25, 0.3) is 0 Å². The largest absolute Gasteiger partial charge is 0.382 e. The quantitative estimate of drug-likeness (QED) is 0.715. The number of alkyl halides is 2. The van der Waals surface area contributed by atoms with E-state index < -0.39 is 0 Å². The van der Waals surface area contributed by atoms with Crippen molar-refractivity contribution in [2.45, 2.75) is 5.88 Å². The molecule has 3 heteroatoms. The fourth-order valence-electron chi connectivity index (χ4n) is 0.956. The van der Waals surface area contributed by atoms with Gasteiger partial charge in [-0.25, -0.2) is 4.39 Å². The third kappa shape index (κ3) is 2.70. The first-order valence-electron chi connectivity index (χ1n) is 3.81. The molecule has 1 aromatic rings. The molecule has 0 saturated heterocycles. The van der Waals surface area contributed by atoms with Crippen molar-refractivity contribution in [2.24, 2.45) is 0 Å². The second-order valence-electron chi connectivity index (χ2n) is 2.45. The topological polar surface area (TPSA) is 12.0 Å². The summed E-state index contributed by atoms with van der Waals surface area (Å²) in [6.07, 6.45) is 0. The van der Waals surface area contributed by atoms with Crippen molar-refractivity contribution >= 4 is 17.3 Å². The number of benzene rings is 1. The molecular formula is C9H11ClFN. The second kappa shape index (κ2) is 4.99. The molecule has 0 aliphatic heterocycles. The molecule has 0 heterocycles. The molecule has 0 unspecified atom stereocenters. The van der Waals surface area contributed by atoms with Crippen LogP contribution in [-0.4, -0.2) is 13.2 Å². The van der Waals surface area contributed by atoms with Crippen LogP contribution in [0.25, 0.3) is 0 Å². The van der Waals surface area contributed by atoms with E-state index in [9.17, 15) is 4.39 Å². The highest BCUT2D eigenvalue weighted by molar-refractivity contribution is 6.17. The summed E-state index contributed by atoms with van der Waals surface area (Å²) in [5, 5.41) is 2.94. The summed E-state index contributed by atoms with van der Waals surface area (Å²) >= 11 is 5.63. The van der Waals surface area contributed by atoms with Crippen molar-refractivity contribution in [2.75, 3.05) is 18.5 Å². The van der Waals surface area contributed by atoms with Crippen LogP contribution < -0.4 is 5.32 Å². The Hall–Kier alpha value is -0.760. The Kier molecular flexibility index (Phi) is 3.88. The lowest BCUT2D eigenvalue weighted by Crippen LogP contribution is -2.02. The van der Waals surface area contributed by atoms with E-state index >= 15 is 0 Å².